The second-order valence-corrected chi connectivity index (χ2v) is 4.13. The fourth-order valence-electron chi connectivity index (χ4n) is 2.68. The van der Waals surface area contributed by atoms with Crippen molar-refractivity contribution in [2.45, 2.75) is 44.7 Å². The van der Waals surface area contributed by atoms with Gasteiger partial charge >= 0.3 is 0 Å². The molecule has 0 amide bonds. The molecule has 2 aliphatic rings. The first-order valence-electron chi connectivity index (χ1n) is 4.49. The predicted molar refractivity (Wildman–Crippen MR) is 43.0 cm³/mol. The van der Waals surface area contributed by atoms with Crippen molar-refractivity contribution < 1.29 is 0 Å². The average Bonchev–Trinajstić information content (AvgIpc) is 2.20. The average molecular weight is 139 g/mol. The van der Waals surface area contributed by atoms with Crippen LogP contribution in [0.2, 0.25) is 0 Å². The smallest absolute Gasteiger partial charge is 0.00982 e. The van der Waals surface area contributed by atoms with Crippen LogP contribution in [0, 0.1) is 5.92 Å². The molecule has 2 saturated heterocycles. The van der Waals surface area contributed by atoms with Crippen LogP contribution in [0.1, 0.15) is 32.6 Å². The molecule has 0 spiro atoms. The van der Waals surface area contributed by atoms with Gasteiger partial charge in [-0.05, 0) is 38.6 Å². The van der Waals surface area contributed by atoms with Crippen LogP contribution in [0.15, 0.2) is 0 Å². The van der Waals surface area contributed by atoms with Crippen molar-refractivity contribution >= 4 is 0 Å². The van der Waals surface area contributed by atoms with Crippen LogP contribution in [0.4, 0.5) is 0 Å². The molecule has 2 aliphatic heterocycles. The second kappa shape index (κ2) is 2.23. The Morgan fingerprint density at radius 1 is 1.10 bits per heavy atom. The fraction of sp³-hybridized carbons (Fsp3) is 1.00. The van der Waals surface area contributed by atoms with E-state index in [4.69, 9.17) is 0 Å². The van der Waals surface area contributed by atoms with Crippen molar-refractivity contribution in [1.82, 2.24) is 4.90 Å². The third-order valence-electron chi connectivity index (χ3n) is 3.33. The third kappa shape index (κ3) is 0.878. The van der Waals surface area contributed by atoms with Gasteiger partial charge in [-0.25, -0.2) is 0 Å². The van der Waals surface area contributed by atoms with Gasteiger partial charge in [-0.1, -0.05) is 6.92 Å². The van der Waals surface area contributed by atoms with Crippen LogP contribution in [0.3, 0.4) is 0 Å². The lowest BCUT2D eigenvalue weighted by atomic mass is 9.93. The summed E-state index contributed by atoms with van der Waals surface area (Å²) in [6.07, 6.45) is 5.83. The lowest BCUT2D eigenvalue weighted by Crippen LogP contribution is -2.39. The van der Waals surface area contributed by atoms with Gasteiger partial charge in [-0.15, -0.1) is 0 Å². The van der Waals surface area contributed by atoms with Gasteiger partial charge in [0.2, 0.25) is 0 Å². The Bertz CT molecular complexity index is 119. The second-order valence-electron chi connectivity index (χ2n) is 4.13. The molecule has 0 N–H and O–H groups in total. The number of hydrogen-bond acceptors (Lipinski definition) is 1. The Hall–Kier alpha value is -0.0400. The highest BCUT2D eigenvalue weighted by Crippen LogP contribution is 2.36. The highest BCUT2D eigenvalue weighted by molar-refractivity contribution is 4.91. The molecule has 1 heteroatoms. The summed E-state index contributed by atoms with van der Waals surface area (Å²) < 4.78 is 0. The molecule has 0 aromatic rings. The molecule has 2 heterocycles. The van der Waals surface area contributed by atoms with Gasteiger partial charge in [-0.2, -0.15) is 0 Å². The minimum Gasteiger partial charge on any atom is -0.300 e. The monoisotopic (exact) mass is 139 g/mol. The summed E-state index contributed by atoms with van der Waals surface area (Å²) in [5.74, 6) is 0.994. The molecule has 0 saturated carbocycles. The van der Waals surface area contributed by atoms with Crippen LogP contribution in [-0.4, -0.2) is 24.0 Å². The summed E-state index contributed by atoms with van der Waals surface area (Å²) in [6.45, 7) is 2.40. The lowest BCUT2D eigenvalue weighted by molar-refractivity contribution is 0.142. The zero-order chi connectivity index (χ0) is 7.14. The topological polar surface area (TPSA) is 3.24 Å². The Morgan fingerprint density at radius 3 is 2.10 bits per heavy atom. The molecule has 2 rings (SSSR count). The fourth-order valence-corrected chi connectivity index (χ4v) is 2.68. The standard InChI is InChI=1S/C9H17N/c1-7-5-8-3-4-9(6-7)10(8)2/h7-9H,3-6H2,1-2H3/t7?,8-,9?/m0/s1. The van der Waals surface area contributed by atoms with Crippen molar-refractivity contribution in [2.75, 3.05) is 7.05 Å². The summed E-state index contributed by atoms with van der Waals surface area (Å²) in [5, 5.41) is 0. The van der Waals surface area contributed by atoms with E-state index in [1.807, 2.05) is 0 Å². The third-order valence-corrected chi connectivity index (χ3v) is 3.33. The molecule has 10 heavy (non-hydrogen) atoms. The van der Waals surface area contributed by atoms with Crippen molar-refractivity contribution in [1.29, 1.82) is 0 Å². The predicted octanol–water partition coefficient (Wildman–Crippen LogP) is 1.88. The first-order chi connectivity index (χ1) is 4.77. The van der Waals surface area contributed by atoms with E-state index in [1.54, 1.807) is 0 Å². The molecule has 0 radical (unpaired) electrons. The first kappa shape index (κ1) is 6.66. The number of rotatable bonds is 0. The van der Waals surface area contributed by atoms with Gasteiger partial charge in [0.05, 0.1) is 0 Å². The first-order valence-corrected chi connectivity index (χ1v) is 4.49. The Balaban J connectivity index is 2.09. The number of piperidine rings is 1. The van der Waals surface area contributed by atoms with Gasteiger partial charge in [0, 0.05) is 12.1 Å². The summed E-state index contributed by atoms with van der Waals surface area (Å²) >= 11 is 0. The molecule has 3 atom stereocenters. The van der Waals surface area contributed by atoms with E-state index in [1.165, 1.54) is 25.7 Å². The quantitative estimate of drug-likeness (QED) is 0.495. The molecule has 1 nitrogen and oxygen atoms in total. The van der Waals surface area contributed by atoms with E-state index >= 15 is 0 Å². The minimum absolute atomic E-state index is 0.939. The van der Waals surface area contributed by atoms with E-state index < -0.39 is 0 Å². The Kier molecular flexibility index (Phi) is 1.48. The van der Waals surface area contributed by atoms with Crippen molar-refractivity contribution in [2.24, 2.45) is 5.92 Å². The molecular weight excluding hydrogens is 122 g/mol. The van der Waals surface area contributed by atoms with E-state index in [9.17, 15) is 0 Å². The summed E-state index contributed by atoms with van der Waals surface area (Å²) in [4.78, 5) is 2.60. The highest BCUT2D eigenvalue weighted by Gasteiger charge is 2.36. The maximum absolute atomic E-state index is 2.60. The van der Waals surface area contributed by atoms with E-state index in [2.05, 4.69) is 18.9 Å². The summed E-state index contributed by atoms with van der Waals surface area (Å²) in [7, 11) is 2.30. The molecule has 0 aromatic heterocycles. The largest absolute Gasteiger partial charge is 0.300 e. The minimum atomic E-state index is 0.939. The highest BCUT2D eigenvalue weighted by atomic mass is 15.2. The van der Waals surface area contributed by atoms with Crippen molar-refractivity contribution in [3.63, 3.8) is 0 Å². The molecule has 2 bridgehead atoms. The molecule has 0 aromatic carbocycles. The van der Waals surface area contributed by atoms with Gasteiger partial charge in [-0.3, -0.25) is 0 Å². The molecule has 0 aliphatic carbocycles. The maximum Gasteiger partial charge on any atom is 0.00982 e. The molecule has 58 valence electrons. The van der Waals surface area contributed by atoms with Crippen molar-refractivity contribution in [3.05, 3.63) is 0 Å². The van der Waals surface area contributed by atoms with Crippen LogP contribution in [0.5, 0.6) is 0 Å². The molecule has 2 unspecified atom stereocenters. The zero-order valence-corrected chi connectivity index (χ0v) is 7.01. The summed E-state index contributed by atoms with van der Waals surface area (Å²) in [6, 6.07) is 1.88. The SMILES string of the molecule is CC1CC2CC[C@@H](C1)N2C. The van der Waals surface area contributed by atoms with Gasteiger partial charge in [0.25, 0.3) is 0 Å². The zero-order valence-electron chi connectivity index (χ0n) is 7.01. The van der Waals surface area contributed by atoms with Crippen LogP contribution in [-0.2, 0) is 0 Å². The van der Waals surface area contributed by atoms with Gasteiger partial charge in [0.15, 0.2) is 0 Å². The maximum atomic E-state index is 2.60. The number of nitrogens with zero attached hydrogens (tertiary/aromatic N) is 1. The molecular formula is C9H17N. The van der Waals surface area contributed by atoms with E-state index in [-0.39, 0.29) is 0 Å². The lowest BCUT2D eigenvalue weighted by Gasteiger charge is -2.34. The van der Waals surface area contributed by atoms with Gasteiger partial charge in [0.1, 0.15) is 0 Å². The van der Waals surface area contributed by atoms with Crippen LogP contribution < -0.4 is 0 Å². The van der Waals surface area contributed by atoms with Crippen LogP contribution in [0.25, 0.3) is 0 Å². The molecule has 2 fully saturated rings. The van der Waals surface area contributed by atoms with E-state index in [0.29, 0.717) is 0 Å². The summed E-state index contributed by atoms with van der Waals surface area (Å²) in [5.41, 5.74) is 0. The van der Waals surface area contributed by atoms with E-state index in [0.717, 1.165) is 18.0 Å². The Morgan fingerprint density at radius 2 is 1.60 bits per heavy atom. The number of hydrogen-bond donors (Lipinski definition) is 0. The van der Waals surface area contributed by atoms with Gasteiger partial charge < -0.3 is 4.90 Å². The van der Waals surface area contributed by atoms with Crippen LogP contribution >= 0.6 is 0 Å². The van der Waals surface area contributed by atoms with Crippen molar-refractivity contribution in [3.8, 4) is 0 Å². The Labute approximate surface area is 63.4 Å². The normalized spacial score (nSPS) is 48.0. The number of fused-ring (bicyclic) bond motifs is 2.